The highest BCUT2D eigenvalue weighted by molar-refractivity contribution is 5.97. The van der Waals surface area contributed by atoms with Gasteiger partial charge in [-0.2, -0.15) is 13.2 Å². The van der Waals surface area contributed by atoms with Crippen LogP contribution in [0, 0.1) is 5.41 Å². The van der Waals surface area contributed by atoms with Crippen molar-refractivity contribution in [2.24, 2.45) is 5.73 Å². The molecule has 0 aliphatic carbocycles. The summed E-state index contributed by atoms with van der Waals surface area (Å²) in [7, 11) is 0. The SMILES string of the molecule is N=C(N)c1cc(OCc2ccco2)ccc1C(F)(F)F. The first-order valence-electron chi connectivity index (χ1n) is 5.59. The lowest BCUT2D eigenvalue weighted by molar-refractivity contribution is -0.137. The van der Waals surface area contributed by atoms with Crippen LogP contribution in [-0.4, -0.2) is 5.84 Å². The zero-order valence-corrected chi connectivity index (χ0v) is 10.2. The van der Waals surface area contributed by atoms with Crippen LogP contribution in [-0.2, 0) is 12.8 Å². The van der Waals surface area contributed by atoms with Gasteiger partial charge < -0.3 is 14.9 Å². The van der Waals surface area contributed by atoms with E-state index in [4.69, 9.17) is 20.3 Å². The summed E-state index contributed by atoms with van der Waals surface area (Å²) in [6, 6.07) is 6.46. The number of alkyl halides is 3. The second-order valence-electron chi connectivity index (χ2n) is 3.99. The minimum Gasteiger partial charge on any atom is -0.486 e. The van der Waals surface area contributed by atoms with Crippen molar-refractivity contribution in [1.82, 2.24) is 0 Å². The fraction of sp³-hybridized carbons (Fsp3) is 0.154. The number of hydrogen-bond donors (Lipinski definition) is 2. The van der Waals surface area contributed by atoms with E-state index < -0.39 is 23.1 Å². The normalized spacial score (nSPS) is 11.3. The van der Waals surface area contributed by atoms with Gasteiger partial charge in [0.1, 0.15) is 24.0 Å². The maximum Gasteiger partial charge on any atom is 0.417 e. The number of nitrogens with one attached hydrogen (secondary N) is 1. The molecule has 3 N–H and O–H groups in total. The molecular weight excluding hydrogens is 273 g/mol. The van der Waals surface area contributed by atoms with E-state index in [1.165, 1.54) is 12.3 Å². The molecule has 20 heavy (non-hydrogen) atoms. The highest BCUT2D eigenvalue weighted by atomic mass is 19.4. The average molecular weight is 284 g/mol. The zero-order valence-electron chi connectivity index (χ0n) is 10.2. The quantitative estimate of drug-likeness (QED) is 0.669. The van der Waals surface area contributed by atoms with E-state index in [9.17, 15) is 13.2 Å². The van der Waals surface area contributed by atoms with E-state index in [0.717, 1.165) is 12.1 Å². The lowest BCUT2D eigenvalue weighted by Gasteiger charge is -2.13. The van der Waals surface area contributed by atoms with E-state index in [1.54, 1.807) is 12.1 Å². The summed E-state index contributed by atoms with van der Waals surface area (Å²) in [5.41, 5.74) is 3.81. The molecule has 0 bridgehead atoms. The monoisotopic (exact) mass is 284 g/mol. The predicted molar refractivity (Wildman–Crippen MR) is 65.5 cm³/mol. The van der Waals surface area contributed by atoms with Gasteiger partial charge in [0.2, 0.25) is 0 Å². The summed E-state index contributed by atoms with van der Waals surface area (Å²) in [6.45, 7) is 0.0791. The zero-order chi connectivity index (χ0) is 14.8. The highest BCUT2D eigenvalue weighted by Gasteiger charge is 2.34. The van der Waals surface area contributed by atoms with Crippen LogP contribution < -0.4 is 10.5 Å². The van der Waals surface area contributed by atoms with Gasteiger partial charge in [-0.25, -0.2) is 0 Å². The van der Waals surface area contributed by atoms with Gasteiger partial charge >= 0.3 is 6.18 Å². The first-order chi connectivity index (χ1) is 9.38. The molecule has 2 rings (SSSR count). The van der Waals surface area contributed by atoms with Crippen molar-refractivity contribution in [3.05, 3.63) is 53.5 Å². The fourth-order valence-electron chi connectivity index (χ4n) is 1.63. The van der Waals surface area contributed by atoms with Crippen LogP contribution in [0.1, 0.15) is 16.9 Å². The minimum absolute atomic E-state index is 0.0791. The van der Waals surface area contributed by atoms with Crippen LogP contribution in [0.5, 0.6) is 5.75 Å². The second kappa shape index (κ2) is 5.28. The molecule has 0 saturated heterocycles. The van der Waals surface area contributed by atoms with Crippen molar-refractivity contribution in [2.45, 2.75) is 12.8 Å². The number of nitrogen functional groups attached to an aromatic ring is 1. The number of ether oxygens (including phenoxy) is 1. The molecule has 106 valence electrons. The van der Waals surface area contributed by atoms with E-state index >= 15 is 0 Å². The van der Waals surface area contributed by atoms with Gasteiger partial charge in [0.05, 0.1) is 11.8 Å². The Bertz CT molecular complexity index is 607. The molecule has 0 aliphatic rings. The number of halogens is 3. The van der Waals surface area contributed by atoms with E-state index in [2.05, 4.69) is 0 Å². The van der Waals surface area contributed by atoms with Crippen molar-refractivity contribution in [3.63, 3.8) is 0 Å². The van der Waals surface area contributed by atoms with E-state index in [1.807, 2.05) is 0 Å². The van der Waals surface area contributed by atoms with Crippen molar-refractivity contribution in [1.29, 1.82) is 5.41 Å². The Hall–Kier alpha value is -2.44. The molecule has 1 aromatic carbocycles. The molecule has 1 aromatic heterocycles. The third-order valence-electron chi connectivity index (χ3n) is 2.55. The Labute approximate surface area is 112 Å². The van der Waals surface area contributed by atoms with Crippen molar-refractivity contribution in [3.8, 4) is 5.75 Å². The second-order valence-corrected chi connectivity index (χ2v) is 3.99. The predicted octanol–water partition coefficient (Wildman–Crippen LogP) is 3.16. The average Bonchev–Trinajstić information content (AvgIpc) is 2.88. The van der Waals surface area contributed by atoms with Crippen LogP contribution in [0.3, 0.4) is 0 Å². The van der Waals surface area contributed by atoms with Gasteiger partial charge in [-0.05, 0) is 30.3 Å². The molecule has 0 aliphatic heterocycles. The standard InChI is InChI=1S/C13H11F3N2O2/c14-13(15,16)11-4-3-8(6-10(11)12(17)18)20-7-9-2-1-5-19-9/h1-6H,7H2,(H3,17,18). The molecule has 0 fully saturated rings. The lowest BCUT2D eigenvalue weighted by Crippen LogP contribution is -2.19. The number of amidine groups is 1. The van der Waals surface area contributed by atoms with Crippen LogP contribution in [0.15, 0.2) is 41.0 Å². The third-order valence-corrected chi connectivity index (χ3v) is 2.55. The van der Waals surface area contributed by atoms with E-state index in [0.29, 0.717) is 5.76 Å². The van der Waals surface area contributed by atoms with Gasteiger partial charge in [0.15, 0.2) is 0 Å². The Morgan fingerprint density at radius 1 is 1.30 bits per heavy atom. The molecule has 0 unspecified atom stereocenters. The van der Waals surface area contributed by atoms with Gasteiger partial charge in [-0.3, -0.25) is 5.41 Å². The molecule has 7 heteroatoms. The lowest BCUT2D eigenvalue weighted by atomic mass is 10.1. The van der Waals surface area contributed by atoms with Crippen molar-refractivity contribution >= 4 is 5.84 Å². The fourth-order valence-corrected chi connectivity index (χ4v) is 1.63. The Morgan fingerprint density at radius 3 is 2.60 bits per heavy atom. The van der Waals surface area contributed by atoms with Crippen LogP contribution in [0.4, 0.5) is 13.2 Å². The molecule has 0 amide bonds. The molecule has 1 heterocycles. The molecule has 2 aromatic rings. The van der Waals surface area contributed by atoms with Crippen LogP contribution in [0.25, 0.3) is 0 Å². The Morgan fingerprint density at radius 2 is 2.05 bits per heavy atom. The number of nitrogens with two attached hydrogens (primary N) is 1. The van der Waals surface area contributed by atoms with Crippen LogP contribution in [0.2, 0.25) is 0 Å². The number of furan rings is 1. The van der Waals surface area contributed by atoms with Gasteiger partial charge in [0.25, 0.3) is 0 Å². The molecular formula is C13H11F3N2O2. The number of benzene rings is 1. The molecule has 0 radical (unpaired) electrons. The van der Waals surface area contributed by atoms with Crippen molar-refractivity contribution < 1.29 is 22.3 Å². The van der Waals surface area contributed by atoms with Crippen LogP contribution >= 0.6 is 0 Å². The number of rotatable bonds is 4. The Kier molecular flexibility index (Phi) is 3.69. The summed E-state index contributed by atoms with van der Waals surface area (Å²) in [4.78, 5) is 0. The largest absolute Gasteiger partial charge is 0.486 e. The summed E-state index contributed by atoms with van der Waals surface area (Å²) in [6.07, 6.45) is -3.10. The minimum atomic E-state index is -4.57. The first-order valence-corrected chi connectivity index (χ1v) is 5.59. The summed E-state index contributed by atoms with van der Waals surface area (Å²) >= 11 is 0. The summed E-state index contributed by atoms with van der Waals surface area (Å²) in [5, 5.41) is 7.23. The first kappa shape index (κ1) is 14.0. The van der Waals surface area contributed by atoms with Crippen molar-refractivity contribution in [2.75, 3.05) is 0 Å². The topological polar surface area (TPSA) is 72.2 Å². The third kappa shape index (κ3) is 3.11. The molecule has 4 nitrogen and oxygen atoms in total. The molecule has 0 atom stereocenters. The maximum absolute atomic E-state index is 12.7. The summed E-state index contributed by atoms with van der Waals surface area (Å²) < 4.78 is 48.6. The summed E-state index contributed by atoms with van der Waals surface area (Å²) in [5.74, 6) is 0.0506. The molecule has 0 spiro atoms. The number of hydrogen-bond acceptors (Lipinski definition) is 3. The molecule has 0 saturated carbocycles. The van der Waals surface area contributed by atoms with E-state index in [-0.39, 0.29) is 12.4 Å². The van der Waals surface area contributed by atoms with Gasteiger partial charge in [-0.1, -0.05) is 0 Å². The highest BCUT2D eigenvalue weighted by Crippen LogP contribution is 2.33. The van der Waals surface area contributed by atoms with Gasteiger partial charge in [-0.15, -0.1) is 0 Å². The smallest absolute Gasteiger partial charge is 0.417 e. The maximum atomic E-state index is 12.7. The van der Waals surface area contributed by atoms with Gasteiger partial charge in [0, 0.05) is 5.56 Å². The Balaban J connectivity index is 2.24.